The molecule has 0 aromatic rings. The van der Waals surface area contributed by atoms with Crippen LogP contribution in [0.1, 0.15) is 33.6 Å². The summed E-state index contributed by atoms with van der Waals surface area (Å²) in [7, 11) is 1.68. The zero-order chi connectivity index (χ0) is 16.8. The molecule has 0 aromatic carbocycles. The van der Waals surface area contributed by atoms with Gasteiger partial charge in [0.05, 0.1) is 5.60 Å². The van der Waals surface area contributed by atoms with Gasteiger partial charge in [0.15, 0.2) is 0 Å². The molecule has 0 saturated carbocycles. The first-order valence-electron chi connectivity index (χ1n) is 7.68. The summed E-state index contributed by atoms with van der Waals surface area (Å²) in [5.74, 6) is 1.51. The topological polar surface area (TPSA) is 71.1 Å². The second-order valence-corrected chi connectivity index (χ2v) is 6.07. The summed E-state index contributed by atoms with van der Waals surface area (Å²) >= 11 is 0. The number of amidine groups is 1. The van der Waals surface area contributed by atoms with E-state index in [0.29, 0.717) is 30.4 Å². The van der Waals surface area contributed by atoms with Gasteiger partial charge in [-0.2, -0.15) is 0 Å². The Hall–Kier alpha value is -1.59. The van der Waals surface area contributed by atoms with Gasteiger partial charge in [-0.1, -0.05) is 32.6 Å². The zero-order valence-corrected chi connectivity index (χ0v) is 14.1. The van der Waals surface area contributed by atoms with Crippen molar-refractivity contribution in [3.63, 3.8) is 0 Å². The molecule has 1 heterocycles. The number of nitrogens with two attached hydrogens (primary N) is 1. The highest BCUT2D eigenvalue weighted by molar-refractivity contribution is 5.92. The summed E-state index contributed by atoms with van der Waals surface area (Å²) in [5.41, 5.74) is 5.18. The van der Waals surface area contributed by atoms with Crippen LogP contribution in [0.4, 0.5) is 0 Å². The van der Waals surface area contributed by atoms with Gasteiger partial charge in [-0.15, -0.1) is 0 Å². The van der Waals surface area contributed by atoms with Crippen molar-refractivity contribution < 1.29 is 9.84 Å². The number of aliphatic hydroxyl groups excluding tert-OH is 1. The highest BCUT2D eigenvalue weighted by Crippen LogP contribution is 2.28. The third-order valence-electron chi connectivity index (χ3n) is 3.80. The van der Waals surface area contributed by atoms with E-state index in [4.69, 9.17) is 10.5 Å². The first-order chi connectivity index (χ1) is 10.3. The summed E-state index contributed by atoms with van der Waals surface area (Å²) in [6, 6.07) is 0.115. The molecule has 0 amide bonds. The molecule has 2 atom stereocenters. The van der Waals surface area contributed by atoms with Gasteiger partial charge in [0, 0.05) is 38.8 Å². The predicted molar refractivity (Wildman–Crippen MR) is 91.2 cm³/mol. The number of hydrogen-bond donors (Lipinski definition) is 2. The molecule has 3 N–H and O–H groups in total. The number of ether oxygens (including phenoxy) is 1. The molecule has 22 heavy (non-hydrogen) atoms. The average Bonchev–Trinajstić information content (AvgIpc) is 2.44. The molecule has 1 unspecified atom stereocenters. The molecule has 124 valence electrons. The number of methoxy groups -OCH3 is 1. The van der Waals surface area contributed by atoms with E-state index < -0.39 is 5.60 Å². The van der Waals surface area contributed by atoms with E-state index in [1.807, 2.05) is 11.1 Å². The Kier molecular flexibility index (Phi) is 6.84. The first kappa shape index (κ1) is 18.5. The van der Waals surface area contributed by atoms with Gasteiger partial charge in [0.1, 0.15) is 11.7 Å². The summed E-state index contributed by atoms with van der Waals surface area (Å²) in [6.45, 7) is 10.3. The Morgan fingerprint density at radius 2 is 2.18 bits per heavy atom. The minimum atomic E-state index is -0.501. The Labute approximate surface area is 133 Å². The quantitative estimate of drug-likeness (QED) is 0.676. The number of rotatable bonds is 8. The molecule has 1 aliphatic rings. The molecule has 1 aliphatic heterocycles. The van der Waals surface area contributed by atoms with Crippen LogP contribution in [0.2, 0.25) is 0 Å². The first-order valence-corrected chi connectivity index (χ1v) is 7.68. The Balaban J connectivity index is 2.89. The van der Waals surface area contributed by atoms with Crippen molar-refractivity contribution in [2.24, 2.45) is 16.6 Å². The van der Waals surface area contributed by atoms with Gasteiger partial charge in [-0.05, 0) is 18.9 Å². The van der Waals surface area contributed by atoms with Crippen LogP contribution >= 0.6 is 0 Å². The minimum absolute atomic E-state index is 0.0743. The van der Waals surface area contributed by atoms with Crippen LogP contribution in [0.25, 0.3) is 0 Å². The maximum atomic E-state index is 9.41. The van der Waals surface area contributed by atoms with E-state index in [9.17, 15) is 5.11 Å². The second-order valence-electron chi connectivity index (χ2n) is 6.07. The highest BCUT2D eigenvalue weighted by Gasteiger charge is 2.31. The van der Waals surface area contributed by atoms with Crippen LogP contribution in [0.3, 0.4) is 0 Å². The molecular formula is C17H29N3O2. The van der Waals surface area contributed by atoms with E-state index in [-0.39, 0.29) is 12.6 Å². The minimum Gasteiger partial charge on any atom is -0.396 e. The number of allylic oxidation sites excluding steroid dienone is 1. The third-order valence-corrected chi connectivity index (χ3v) is 3.80. The van der Waals surface area contributed by atoms with Gasteiger partial charge in [-0.3, -0.25) is 0 Å². The van der Waals surface area contributed by atoms with E-state index in [2.05, 4.69) is 44.5 Å². The summed E-state index contributed by atoms with van der Waals surface area (Å²) in [5, 5.41) is 9.41. The molecule has 5 heteroatoms. The molecule has 0 saturated heterocycles. The molecule has 1 rings (SSSR count). The third kappa shape index (κ3) is 5.00. The standard InChI is InChI=1S/C17H29N3O2/c1-13(2)6-8-17(22-5,9-11-21)12-14(3)20-10-7-16(18)19-15(20)4/h6-8,10,13-14,21H,4,9,11-12H2,1-3,5H3,(H2,18,19)/b8-6+/t14?,17-/m1/s1. The van der Waals surface area contributed by atoms with Crippen molar-refractivity contribution in [2.75, 3.05) is 13.7 Å². The Bertz CT molecular complexity index is 469. The van der Waals surface area contributed by atoms with E-state index in [1.54, 1.807) is 13.2 Å². The lowest BCUT2D eigenvalue weighted by molar-refractivity contribution is -0.00750. The summed E-state index contributed by atoms with van der Waals surface area (Å²) in [6.07, 6.45) is 9.09. The van der Waals surface area contributed by atoms with Crippen LogP contribution in [0, 0.1) is 5.92 Å². The van der Waals surface area contributed by atoms with Crippen molar-refractivity contribution in [3.05, 3.63) is 36.8 Å². The van der Waals surface area contributed by atoms with Crippen LogP contribution in [-0.4, -0.2) is 41.2 Å². The summed E-state index contributed by atoms with van der Waals surface area (Å²) < 4.78 is 5.76. The maximum Gasteiger partial charge on any atom is 0.127 e. The lowest BCUT2D eigenvalue weighted by Gasteiger charge is -2.37. The lowest BCUT2D eigenvalue weighted by Crippen LogP contribution is -2.40. The van der Waals surface area contributed by atoms with Gasteiger partial charge >= 0.3 is 0 Å². The molecule has 5 nitrogen and oxygen atoms in total. The van der Waals surface area contributed by atoms with E-state index in [0.717, 1.165) is 0 Å². The molecule has 0 bridgehead atoms. The number of aliphatic hydroxyl groups is 1. The number of nitrogens with zero attached hydrogens (tertiary/aromatic N) is 2. The van der Waals surface area contributed by atoms with Gasteiger partial charge in [0.25, 0.3) is 0 Å². The van der Waals surface area contributed by atoms with Crippen LogP contribution in [-0.2, 0) is 4.74 Å². The van der Waals surface area contributed by atoms with E-state index >= 15 is 0 Å². The van der Waals surface area contributed by atoms with Gasteiger partial charge in [0.2, 0.25) is 0 Å². The van der Waals surface area contributed by atoms with Gasteiger partial charge in [-0.25, -0.2) is 4.99 Å². The fourth-order valence-electron chi connectivity index (χ4n) is 2.55. The van der Waals surface area contributed by atoms with Gasteiger partial charge < -0.3 is 20.5 Å². The van der Waals surface area contributed by atoms with Crippen LogP contribution < -0.4 is 5.73 Å². The fourth-order valence-corrected chi connectivity index (χ4v) is 2.55. The molecule has 0 aliphatic carbocycles. The lowest BCUT2D eigenvalue weighted by atomic mass is 9.89. The monoisotopic (exact) mass is 307 g/mol. The van der Waals surface area contributed by atoms with E-state index in [1.165, 1.54) is 0 Å². The smallest absolute Gasteiger partial charge is 0.127 e. The number of hydrogen-bond acceptors (Lipinski definition) is 5. The summed E-state index contributed by atoms with van der Waals surface area (Å²) in [4.78, 5) is 6.17. The highest BCUT2D eigenvalue weighted by atomic mass is 16.5. The molecular weight excluding hydrogens is 278 g/mol. The zero-order valence-electron chi connectivity index (χ0n) is 14.1. The van der Waals surface area contributed by atoms with Crippen molar-refractivity contribution in [2.45, 2.75) is 45.3 Å². The van der Waals surface area contributed by atoms with Crippen LogP contribution in [0.5, 0.6) is 0 Å². The second kappa shape index (κ2) is 8.15. The normalized spacial score (nSPS) is 19.6. The number of aliphatic imine (C=N–C) groups is 1. The average molecular weight is 307 g/mol. The molecule has 0 radical (unpaired) electrons. The van der Waals surface area contributed by atoms with Crippen LogP contribution in [0.15, 0.2) is 41.8 Å². The van der Waals surface area contributed by atoms with Crippen molar-refractivity contribution in [3.8, 4) is 0 Å². The Morgan fingerprint density at radius 3 is 2.68 bits per heavy atom. The molecule has 0 aromatic heterocycles. The SMILES string of the molecule is C=C1N=C(N)C=CN1C(C)C[C@@](/C=C/C(C)C)(CCO)OC. The Morgan fingerprint density at radius 1 is 1.50 bits per heavy atom. The predicted octanol–water partition coefficient (Wildman–Crippen LogP) is 2.40. The van der Waals surface area contributed by atoms with Crippen molar-refractivity contribution >= 4 is 5.84 Å². The fraction of sp³-hybridized carbons (Fsp3) is 0.588. The van der Waals surface area contributed by atoms with Crippen molar-refractivity contribution in [1.29, 1.82) is 0 Å². The molecule has 0 spiro atoms. The van der Waals surface area contributed by atoms with Crippen molar-refractivity contribution in [1.82, 2.24) is 4.90 Å². The maximum absolute atomic E-state index is 9.41. The largest absolute Gasteiger partial charge is 0.396 e. The molecule has 0 fully saturated rings.